The Balaban J connectivity index is 1.28. The van der Waals surface area contributed by atoms with Gasteiger partial charge in [0.2, 0.25) is 5.95 Å². The molecule has 4 aromatic rings. The molecule has 6 rings (SSSR count). The van der Waals surface area contributed by atoms with Gasteiger partial charge in [-0.3, -0.25) is 9.89 Å². The molecule has 0 spiro atoms. The van der Waals surface area contributed by atoms with Gasteiger partial charge in [-0.15, -0.1) is 0 Å². The van der Waals surface area contributed by atoms with Crippen LogP contribution in [0.15, 0.2) is 47.8 Å². The highest BCUT2D eigenvalue weighted by molar-refractivity contribution is 6.07. The number of anilines is 3. The Hall–Kier alpha value is -4.32. The summed E-state index contributed by atoms with van der Waals surface area (Å²) in [6, 6.07) is 9.53. The first-order chi connectivity index (χ1) is 17.9. The molecule has 2 N–H and O–H groups in total. The van der Waals surface area contributed by atoms with Gasteiger partial charge < -0.3 is 20.0 Å². The molecule has 1 saturated heterocycles. The van der Waals surface area contributed by atoms with Crippen LogP contribution >= 0.6 is 0 Å². The van der Waals surface area contributed by atoms with Gasteiger partial charge in [0.15, 0.2) is 0 Å². The molecule has 2 aliphatic rings. The Morgan fingerprint density at radius 1 is 1.11 bits per heavy atom. The van der Waals surface area contributed by atoms with Gasteiger partial charge in [-0.05, 0) is 61.7 Å². The predicted octanol–water partition coefficient (Wildman–Crippen LogP) is 2.29. The quantitative estimate of drug-likeness (QED) is 0.435. The molecule has 0 saturated carbocycles. The van der Waals surface area contributed by atoms with Gasteiger partial charge in [-0.2, -0.15) is 5.10 Å². The number of tetrazole rings is 1. The van der Waals surface area contributed by atoms with Crippen LogP contribution in [0.2, 0.25) is 0 Å². The number of H-pyrrole nitrogens is 1. The lowest BCUT2D eigenvalue weighted by Crippen LogP contribution is -2.44. The molecule has 37 heavy (non-hydrogen) atoms. The van der Waals surface area contributed by atoms with Crippen molar-refractivity contribution in [1.29, 1.82) is 0 Å². The molecular formula is C25H29N11O. The van der Waals surface area contributed by atoms with Gasteiger partial charge in [0, 0.05) is 61.8 Å². The minimum absolute atomic E-state index is 0.191. The number of nitrogens with zero attached hydrogens (tertiary/aromatic N) is 9. The maximum absolute atomic E-state index is 13.4. The summed E-state index contributed by atoms with van der Waals surface area (Å²) in [7, 11) is 3.99. The lowest BCUT2D eigenvalue weighted by molar-refractivity contribution is -0.113. The van der Waals surface area contributed by atoms with E-state index in [9.17, 15) is 4.79 Å². The highest BCUT2D eigenvalue weighted by atomic mass is 16.1. The number of likely N-dealkylation sites (N-methyl/N-ethyl adjacent to an activating group) is 1. The number of aromatic amines is 1. The van der Waals surface area contributed by atoms with Crippen LogP contribution in [-0.4, -0.2) is 86.5 Å². The summed E-state index contributed by atoms with van der Waals surface area (Å²) in [4.78, 5) is 24.5. The monoisotopic (exact) mass is 499 g/mol. The first-order valence-corrected chi connectivity index (χ1v) is 12.3. The van der Waals surface area contributed by atoms with E-state index < -0.39 is 0 Å². The molecule has 0 bridgehead atoms. The Kier molecular flexibility index (Phi) is 5.60. The molecule has 3 aromatic heterocycles. The van der Waals surface area contributed by atoms with Crippen LogP contribution in [-0.2, 0) is 4.79 Å². The van der Waals surface area contributed by atoms with Gasteiger partial charge in [-0.25, -0.2) is 9.67 Å². The summed E-state index contributed by atoms with van der Waals surface area (Å²) in [5.74, 6) is 1.37. The summed E-state index contributed by atoms with van der Waals surface area (Å²) in [6.07, 6.45) is 1.83. The number of pyridine rings is 1. The molecule has 0 radical (unpaired) electrons. The Labute approximate surface area is 213 Å². The number of carbonyl (C=O) groups excluding carboxylic acids is 1. The highest BCUT2D eigenvalue weighted by Crippen LogP contribution is 2.34. The standard InChI is InChI=1S/C25H29N11O/c1-15-22(16(2)36-25(34(15)4)30-31-32-36)24(37)27-18-5-6-20-19(14-18)23(29-28-20)17-7-8-26-21(13-17)35-11-9-33(3)10-12-35/h5-8,13-14,16H,9-12H2,1-4H3,(H,27,37)(H,28,29)/t16-/m1/s1. The fourth-order valence-electron chi connectivity index (χ4n) is 5.05. The molecule has 1 atom stereocenters. The van der Waals surface area contributed by atoms with Crippen LogP contribution in [0.5, 0.6) is 0 Å². The molecule has 1 aromatic carbocycles. The van der Waals surface area contributed by atoms with Gasteiger partial charge in [-0.1, -0.05) is 5.10 Å². The van der Waals surface area contributed by atoms with Crippen molar-refractivity contribution in [1.82, 2.24) is 40.3 Å². The summed E-state index contributed by atoms with van der Waals surface area (Å²) >= 11 is 0. The van der Waals surface area contributed by atoms with Gasteiger partial charge >= 0.3 is 0 Å². The number of benzene rings is 1. The van der Waals surface area contributed by atoms with Gasteiger partial charge in [0.05, 0.1) is 17.1 Å². The molecule has 190 valence electrons. The van der Waals surface area contributed by atoms with E-state index in [0.717, 1.165) is 59.9 Å². The van der Waals surface area contributed by atoms with Gasteiger partial charge in [0.25, 0.3) is 5.91 Å². The molecule has 1 fully saturated rings. The number of nitrogens with one attached hydrogen (secondary N) is 2. The third-order valence-electron chi connectivity index (χ3n) is 7.36. The predicted molar refractivity (Wildman–Crippen MR) is 141 cm³/mol. The number of rotatable bonds is 4. The van der Waals surface area contributed by atoms with Crippen molar-refractivity contribution in [2.24, 2.45) is 0 Å². The van der Waals surface area contributed by atoms with E-state index in [2.05, 4.69) is 58.9 Å². The SMILES string of the molecule is CC1=C(C(=O)Nc2ccc3[nH]nc(-c4ccnc(N5CCN(C)CC5)c4)c3c2)[C@@H](C)n2nnnc2N1C. The number of aromatic nitrogens is 7. The maximum Gasteiger partial charge on any atom is 0.255 e. The van der Waals surface area contributed by atoms with Crippen molar-refractivity contribution in [2.45, 2.75) is 19.9 Å². The van der Waals surface area contributed by atoms with Crippen LogP contribution in [0.1, 0.15) is 19.9 Å². The zero-order chi connectivity index (χ0) is 25.7. The molecule has 12 heteroatoms. The Bertz CT molecular complexity index is 1510. The second-order valence-corrected chi connectivity index (χ2v) is 9.64. The number of amides is 1. The minimum Gasteiger partial charge on any atom is -0.354 e. The average molecular weight is 500 g/mol. The number of fused-ring (bicyclic) bond motifs is 2. The summed E-state index contributed by atoms with van der Waals surface area (Å²) in [5, 5.41) is 23.6. The number of hydrogen-bond donors (Lipinski definition) is 2. The fraction of sp³-hybridized carbons (Fsp3) is 0.360. The van der Waals surface area contributed by atoms with E-state index >= 15 is 0 Å². The largest absolute Gasteiger partial charge is 0.354 e. The van der Waals surface area contributed by atoms with E-state index in [1.54, 1.807) is 4.68 Å². The third-order valence-corrected chi connectivity index (χ3v) is 7.36. The normalized spacial score (nSPS) is 18.4. The van der Waals surface area contributed by atoms with Crippen molar-refractivity contribution >= 4 is 34.3 Å². The molecule has 5 heterocycles. The van der Waals surface area contributed by atoms with Crippen molar-refractivity contribution < 1.29 is 4.79 Å². The number of carbonyl (C=O) groups is 1. The van der Waals surface area contributed by atoms with E-state index in [-0.39, 0.29) is 11.9 Å². The Morgan fingerprint density at radius 2 is 1.92 bits per heavy atom. The van der Waals surface area contributed by atoms with E-state index in [4.69, 9.17) is 0 Å². The first-order valence-electron chi connectivity index (χ1n) is 12.3. The topological polar surface area (TPSA) is 124 Å². The van der Waals surface area contributed by atoms with Gasteiger partial charge in [0.1, 0.15) is 11.5 Å². The Morgan fingerprint density at radius 3 is 2.73 bits per heavy atom. The molecule has 12 nitrogen and oxygen atoms in total. The van der Waals surface area contributed by atoms with Crippen molar-refractivity contribution in [3.05, 3.63) is 47.8 Å². The van der Waals surface area contributed by atoms with Crippen LogP contribution in [0.25, 0.3) is 22.2 Å². The lowest BCUT2D eigenvalue weighted by atomic mass is 10.0. The van der Waals surface area contributed by atoms with E-state index in [1.807, 2.05) is 56.3 Å². The molecule has 1 amide bonds. The molecule has 0 unspecified atom stereocenters. The fourth-order valence-corrected chi connectivity index (χ4v) is 5.05. The zero-order valence-corrected chi connectivity index (χ0v) is 21.3. The number of allylic oxidation sites excluding steroid dienone is 1. The van der Waals surface area contributed by atoms with Crippen molar-refractivity contribution in [2.75, 3.05) is 55.4 Å². The second kappa shape index (κ2) is 8.96. The summed E-state index contributed by atoms with van der Waals surface area (Å²) in [5.41, 5.74) is 4.80. The molecular weight excluding hydrogens is 470 g/mol. The van der Waals surface area contributed by atoms with Crippen LogP contribution in [0, 0.1) is 0 Å². The van der Waals surface area contributed by atoms with Crippen molar-refractivity contribution in [3.63, 3.8) is 0 Å². The van der Waals surface area contributed by atoms with Crippen molar-refractivity contribution in [3.8, 4) is 11.3 Å². The molecule has 2 aliphatic heterocycles. The second-order valence-electron chi connectivity index (χ2n) is 9.64. The van der Waals surface area contributed by atoms with E-state index in [1.165, 1.54) is 0 Å². The minimum atomic E-state index is -0.292. The smallest absolute Gasteiger partial charge is 0.255 e. The van der Waals surface area contributed by atoms with Crippen LogP contribution in [0.3, 0.4) is 0 Å². The maximum atomic E-state index is 13.4. The summed E-state index contributed by atoms with van der Waals surface area (Å²) in [6.45, 7) is 7.74. The number of hydrogen-bond acceptors (Lipinski definition) is 9. The van der Waals surface area contributed by atoms with Crippen LogP contribution < -0.4 is 15.1 Å². The zero-order valence-electron chi connectivity index (χ0n) is 21.3. The van der Waals surface area contributed by atoms with Crippen LogP contribution in [0.4, 0.5) is 17.5 Å². The highest BCUT2D eigenvalue weighted by Gasteiger charge is 2.32. The summed E-state index contributed by atoms with van der Waals surface area (Å²) < 4.78 is 1.65. The lowest BCUT2D eigenvalue weighted by Gasteiger charge is -2.33. The number of piperazine rings is 1. The van der Waals surface area contributed by atoms with E-state index in [0.29, 0.717) is 17.2 Å². The first kappa shape index (κ1) is 23.1. The average Bonchev–Trinajstić information content (AvgIpc) is 3.56. The third kappa shape index (κ3) is 3.99. The molecule has 0 aliphatic carbocycles.